The topological polar surface area (TPSA) is 80.2 Å². The summed E-state index contributed by atoms with van der Waals surface area (Å²) in [5.74, 6) is -0.520. The first kappa shape index (κ1) is 18.0. The lowest BCUT2D eigenvalue weighted by atomic mass is 10.1. The second kappa shape index (κ2) is 6.96. The van der Waals surface area contributed by atoms with Crippen molar-refractivity contribution in [1.29, 1.82) is 0 Å². The molecule has 4 rings (SSSR count). The van der Waals surface area contributed by atoms with Gasteiger partial charge in [0, 0.05) is 35.8 Å². The van der Waals surface area contributed by atoms with E-state index in [0.717, 1.165) is 18.4 Å². The standard InChI is InChI=1S/C22H21N3O3/c1-13-7-8-14(21(27)23-15-9-10-15)11-18(13)24-22(28)17-12-20(26)25(2)19-6-4-3-5-16(17)19/h3-8,11-12,15H,9-10H2,1-2H3,(H,23,27)(H,24,28). The second-order valence-corrected chi connectivity index (χ2v) is 7.20. The van der Waals surface area contributed by atoms with Gasteiger partial charge in [-0.2, -0.15) is 0 Å². The molecule has 1 aromatic heterocycles. The highest BCUT2D eigenvalue weighted by atomic mass is 16.2. The van der Waals surface area contributed by atoms with Crippen molar-refractivity contribution in [3.8, 4) is 0 Å². The zero-order valence-corrected chi connectivity index (χ0v) is 15.8. The van der Waals surface area contributed by atoms with Crippen molar-refractivity contribution in [1.82, 2.24) is 9.88 Å². The normalized spacial score (nSPS) is 13.4. The number of aryl methyl sites for hydroxylation is 2. The molecule has 3 aromatic rings. The molecular formula is C22H21N3O3. The summed E-state index contributed by atoms with van der Waals surface area (Å²) in [6, 6.07) is 14.1. The van der Waals surface area contributed by atoms with E-state index in [9.17, 15) is 14.4 Å². The molecule has 6 heteroatoms. The minimum Gasteiger partial charge on any atom is -0.349 e. The number of rotatable bonds is 4. The lowest BCUT2D eigenvalue weighted by molar-refractivity contribution is 0.0949. The Hall–Kier alpha value is -3.41. The molecule has 2 N–H and O–H groups in total. The molecule has 142 valence electrons. The molecule has 0 saturated heterocycles. The molecule has 6 nitrogen and oxygen atoms in total. The van der Waals surface area contributed by atoms with Gasteiger partial charge in [-0.15, -0.1) is 0 Å². The van der Waals surface area contributed by atoms with Gasteiger partial charge in [0.15, 0.2) is 0 Å². The predicted octanol–water partition coefficient (Wildman–Crippen LogP) is 2.99. The van der Waals surface area contributed by atoms with Crippen LogP contribution in [0.4, 0.5) is 5.69 Å². The zero-order valence-electron chi connectivity index (χ0n) is 15.8. The summed E-state index contributed by atoms with van der Waals surface area (Å²) in [5.41, 5.74) is 2.64. The van der Waals surface area contributed by atoms with Gasteiger partial charge in [-0.3, -0.25) is 14.4 Å². The molecule has 2 amide bonds. The van der Waals surface area contributed by atoms with Crippen LogP contribution in [0.1, 0.15) is 39.1 Å². The van der Waals surface area contributed by atoms with Crippen molar-refractivity contribution < 1.29 is 9.59 Å². The summed E-state index contributed by atoms with van der Waals surface area (Å²) in [4.78, 5) is 37.5. The summed E-state index contributed by atoms with van der Waals surface area (Å²) in [7, 11) is 1.68. The van der Waals surface area contributed by atoms with Crippen molar-refractivity contribution in [2.45, 2.75) is 25.8 Å². The second-order valence-electron chi connectivity index (χ2n) is 7.20. The van der Waals surface area contributed by atoms with E-state index in [1.54, 1.807) is 25.2 Å². The first-order valence-electron chi connectivity index (χ1n) is 9.25. The number of anilines is 1. The number of pyridine rings is 1. The fourth-order valence-electron chi connectivity index (χ4n) is 3.18. The van der Waals surface area contributed by atoms with Crippen LogP contribution in [-0.4, -0.2) is 22.4 Å². The largest absolute Gasteiger partial charge is 0.349 e. The number of benzene rings is 2. The Morgan fingerprint density at radius 1 is 1.04 bits per heavy atom. The number of carbonyl (C=O) groups is 2. The van der Waals surface area contributed by atoms with E-state index in [-0.39, 0.29) is 23.4 Å². The number of hydrogen-bond donors (Lipinski definition) is 2. The molecule has 28 heavy (non-hydrogen) atoms. The van der Waals surface area contributed by atoms with Crippen LogP contribution in [0.15, 0.2) is 53.3 Å². The van der Waals surface area contributed by atoms with Crippen LogP contribution in [0.2, 0.25) is 0 Å². The molecule has 0 aliphatic heterocycles. The third-order valence-electron chi connectivity index (χ3n) is 5.06. The van der Waals surface area contributed by atoms with Gasteiger partial charge in [-0.25, -0.2) is 0 Å². The number of aromatic nitrogens is 1. The van der Waals surface area contributed by atoms with Crippen LogP contribution in [0.5, 0.6) is 0 Å². The van der Waals surface area contributed by atoms with E-state index in [4.69, 9.17) is 0 Å². The minimum absolute atomic E-state index is 0.142. The number of carbonyl (C=O) groups excluding carboxylic acids is 2. The average molecular weight is 375 g/mol. The van der Waals surface area contributed by atoms with Gasteiger partial charge in [-0.05, 0) is 43.5 Å². The molecule has 1 aliphatic carbocycles. The molecule has 1 saturated carbocycles. The van der Waals surface area contributed by atoms with E-state index in [2.05, 4.69) is 10.6 Å². The maximum atomic E-state index is 13.0. The van der Waals surface area contributed by atoms with Gasteiger partial charge in [0.05, 0.1) is 11.1 Å². The van der Waals surface area contributed by atoms with E-state index in [1.165, 1.54) is 10.6 Å². The molecule has 0 spiro atoms. The van der Waals surface area contributed by atoms with Crippen molar-refractivity contribution in [2.24, 2.45) is 7.05 Å². The molecule has 1 heterocycles. The monoisotopic (exact) mass is 375 g/mol. The highest BCUT2D eigenvalue weighted by molar-refractivity contribution is 6.12. The van der Waals surface area contributed by atoms with Gasteiger partial charge in [0.25, 0.3) is 17.4 Å². The van der Waals surface area contributed by atoms with Crippen LogP contribution in [0.25, 0.3) is 10.9 Å². The molecule has 0 bridgehead atoms. The van der Waals surface area contributed by atoms with E-state index in [1.807, 2.05) is 31.2 Å². The number of amides is 2. The fraction of sp³-hybridized carbons (Fsp3) is 0.227. The summed E-state index contributed by atoms with van der Waals surface area (Å²) in [6.07, 6.45) is 2.02. The molecule has 0 unspecified atom stereocenters. The molecule has 1 aliphatic rings. The average Bonchev–Trinajstić information content (AvgIpc) is 3.50. The SMILES string of the molecule is Cc1ccc(C(=O)NC2CC2)cc1NC(=O)c1cc(=O)n(C)c2ccccc12. The summed E-state index contributed by atoms with van der Waals surface area (Å²) in [6.45, 7) is 1.86. The molecule has 1 fully saturated rings. The maximum absolute atomic E-state index is 13.0. The molecule has 2 aromatic carbocycles. The van der Waals surface area contributed by atoms with Crippen LogP contribution in [0.3, 0.4) is 0 Å². The van der Waals surface area contributed by atoms with Crippen molar-refractivity contribution in [3.63, 3.8) is 0 Å². The highest BCUT2D eigenvalue weighted by Crippen LogP contribution is 2.23. The number of fused-ring (bicyclic) bond motifs is 1. The minimum atomic E-state index is -0.378. The van der Waals surface area contributed by atoms with E-state index >= 15 is 0 Å². The van der Waals surface area contributed by atoms with Crippen LogP contribution in [-0.2, 0) is 7.05 Å². The summed E-state index contributed by atoms with van der Waals surface area (Å²) >= 11 is 0. The van der Waals surface area contributed by atoms with E-state index < -0.39 is 0 Å². The Morgan fingerprint density at radius 3 is 2.54 bits per heavy atom. The Balaban J connectivity index is 1.67. The highest BCUT2D eigenvalue weighted by Gasteiger charge is 2.24. The number of para-hydroxylation sites is 1. The first-order valence-corrected chi connectivity index (χ1v) is 9.25. The van der Waals surface area contributed by atoms with Crippen LogP contribution < -0.4 is 16.2 Å². The predicted molar refractivity (Wildman–Crippen MR) is 109 cm³/mol. The number of nitrogens with zero attached hydrogens (tertiary/aromatic N) is 1. The smallest absolute Gasteiger partial charge is 0.256 e. The van der Waals surface area contributed by atoms with Crippen molar-refractivity contribution in [3.05, 3.63) is 75.6 Å². The molecule has 0 atom stereocenters. The number of hydrogen-bond acceptors (Lipinski definition) is 3. The maximum Gasteiger partial charge on any atom is 0.256 e. The van der Waals surface area contributed by atoms with Crippen molar-refractivity contribution in [2.75, 3.05) is 5.32 Å². The third-order valence-corrected chi connectivity index (χ3v) is 5.06. The van der Waals surface area contributed by atoms with Gasteiger partial charge >= 0.3 is 0 Å². The summed E-state index contributed by atoms with van der Waals surface area (Å²) in [5, 5.41) is 6.50. The van der Waals surface area contributed by atoms with E-state index in [0.29, 0.717) is 27.7 Å². The fourth-order valence-corrected chi connectivity index (χ4v) is 3.18. The summed E-state index contributed by atoms with van der Waals surface area (Å²) < 4.78 is 1.51. The Bertz CT molecular complexity index is 1160. The molecule has 0 radical (unpaired) electrons. The van der Waals surface area contributed by atoms with Gasteiger partial charge < -0.3 is 15.2 Å². The van der Waals surface area contributed by atoms with Crippen LogP contribution in [0, 0.1) is 6.92 Å². The third kappa shape index (κ3) is 3.41. The van der Waals surface area contributed by atoms with Crippen molar-refractivity contribution >= 4 is 28.4 Å². The quantitative estimate of drug-likeness (QED) is 0.736. The first-order chi connectivity index (χ1) is 13.4. The lowest BCUT2D eigenvalue weighted by Gasteiger charge is -2.13. The number of nitrogens with one attached hydrogen (secondary N) is 2. The Morgan fingerprint density at radius 2 is 1.79 bits per heavy atom. The Labute approximate surface area is 162 Å². The van der Waals surface area contributed by atoms with Gasteiger partial charge in [-0.1, -0.05) is 24.3 Å². The van der Waals surface area contributed by atoms with Gasteiger partial charge in [0.1, 0.15) is 0 Å². The lowest BCUT2D eigenvalue weighted by Crippen LogP contribution is -2.25. The zero-order chi connectivity index (χ0) is 19.8. The Kier molecular flexibility index (Phi) is 4.47. The van der Waals surface area contributed by atoms with Crippen LogP contribution >= 0.6 is 0 Å². The van der Waals surface area contributed by atoms with Gasteiger partial charge in [0.2, 0.25) is 0 Å². The molecular weight excluding hydrogens is 354 g/mol.